The quantitative estimate of drug-likeness (QED) is 0.324. The van der Waals surface area contributed by atoms with E-state index in [0.717, 1.165) is 12.8 Å². The van der Waals surface area contributed by atoms with E-state index in [1.165, 1.54) is 44.9 Å². The van der Waals surface area contributed by atoms with E-state index in [4.69, 9.17) is 0 Å². The molecule has 0 saturated carbocycles. The summed E-state index contributed by atoms with van der Waals surface area (Å²) >= 11 is 0. The van der Waals surface area contributed by atoms with Gasteiger partial charge < -0.3 is 15.2 Å². The summed E-state index contributed by atoms with van der Waals surface area (Å²) in [6, 6.07) is 7.21. The van der Waals surface area contributed by atoms with Crippen LogP contribution in [0.25, 0.3) is 0 Å². The first-order chi connectivity index (χ1) is 12.0. The first-order valence-electron chi connectivity index (χ1n) is 9.59. The van der Waals surface area contributed by atoms with Gasteiger partial charge in [0.05, 0.1) is 11.4 Å². The first kappa shape index (κ1) is 23.8. The molecule has 2 N–H and O–H groups in total. The van der Waals surface area contributed by atoms with Crippen LogP contribution >= 0.6 is 0 Å². The van der Waals surface area contributed by atoms with E-state index in [2.05, 4.69) is 17.6 Å². The fourth-order valence-corrected chi connectivity index (χ4v) is 4.27. The van der Waals surface area contributed by atoms with Gasteiger partial charge in [-0.3, -0.25) is 0 Å². The molecule has 0 spiro atoms. The van der Waals surface area contributed by atoms with Crippen molar-refractivity contribution < 1.29 is 42.5 Å². The zero-order chi connectivity index (χ0) is 18.2. The Balaban J connectivity index is 0.00000338. The molecule has 1 aromatic carbocycles. The molecule has 0 bridgehead atoms. The van der Waals surface area contributed by atoms with Gasteiger partial charge in [-0.25, -0.2) is 8.42 Å². The topological polar surface area (TPSA) is 81.3 Å². The number of rotatable bonds is 12. The van der Waals surface area contributed by atoms with Crippen molar-refractivity contribution in [3.63, 3.8) is 0 Å². The third-order valence-corrected chi connectivity index (χ3v) is 6.17. The molecule has 142 valence electrons. The van der Waals surface area contributed by atoms with Gasteiger partial charge in [-0.05, 0) is 18.6 Å². The molecule has 0 radical (unpaired) electrons. The van der Waals surface area contributed by atoms with Crippen molar-refractivity contribution in [2.24, 2.45) is 0 Å². The summed E-state index contributed by atoms with van der Waals surface area (Å²) in [5.74, 6) is 0. The SMILES string of the molecule is CCCCCCCCCCCCC1(S(=O)(=O)[O-])Nc2ccccc2N1.[Na+]. The Morgan fingerprint density at radius 2 is 1.27 bits per heavy atom. The Kier molecular flexibility index (Phi) is 10.6. The van der Waals surface area contributed by atoms with Crippen molar-refractivity contribution >= 4 is 21.5 Å². The molecule has 0 aromatic heterocycles. The van der Waals surface area contributed by atoms with E-state index < -0.39 is 15.1 Å². The number of anilines is 2. The summed E-state index contributed by atoms with van der Waals surface area (Å²) in [5, 5.41) is 5.81. The molecule has 0 saturated heterocycles. The number of benzene rings is 1. The molecule has 2 rings (SSSR count). The zero-order valence-electron chi connectivity index (χ0n) is 16.2. The number of hydrogen-bond donors (Lipinski definition) is 2. The number of nitrogens with one attached hydrogen (secondary N) is 2. The molecule has 1 aliphatic rings. The number of para-hydroxylation sites is 2. The van der Waals surface area contributed by atoms with Crippen LogP contribution in [-0.2, 0) is 10.1 Å². The minimum Gasteiger partial charge on any atom is -0.745 e. The first-order valence-corrected chi connectivity index (χ1v) is 11.0. The van der Waals surface area contributed by atoms with E-state index in [0.29, 0.717) is 17.8 Å². The second kappa shape index (κ2) is 11.5. The molecule has 1 heterocycles. The van der Waals surface area contributed by atoms with Gasteiger partial charge in [0.15, 0.2) is 0 Å². The zero-order valence-corrected chi connectivity index (χ0v) is 19.0. The van der Waals surface area contributed by atoms with Crippen LogP contribution < -0.4 is 40.2 Å². The Morgan fingerprint density at radius 3 is 1.69 bits per heavy atom. The smallest absolute Gasteiger partial charge is 0.745 e. The molecule has 0 fully saturated rings. The fourth-order valence-electron chi connectivity index (χ4n) is 3.40. The van der Waals surface area contributed by atoms with Crippen molar-refractivity contribution in [3.8, 4) is 0 Å². The maximum Gasteiger partial charge on any atom is 1.00 e. The number of hydrogen-bond acceptors (Lipinski definition) is 5. The Morgan fingerprint density at radius 1 is 0.846 bits per heavy atom. The average molecular weight is 391 g/mol. The molecule has 7 heteroatoms. The van der Waals surface area contributed by atoms with Crippen molar-refractivity contribution in [1.82, 2.24) is 0 Å². The van der Waals surface area contributed by atoms with Crippen LogP contribution in [0.15, 0.2) is 24.3 Å². The van der Waals surface area contributed by atoms with Crippen LogP contribution in [0.4, 0.5) is 11.4 Å². The van der Waals surface area contributed by atoms with Gasteiger partial charge in [-0.2, -0.15) is 0 Å². The van der Waals surface area contributed by atoms with Crippen LogP contribution in [0.1, 0.15) is 77.6 Å². The van der Waals surface area contributed by atoms with Crippen molar-refractivity contribution in [3.05, 3.63) is 24.3 Å². The largest absolute Gasteiger partial charge is 1.00 e. The molecule has 0 amide bonds. The molecule has 1 aliphatic heterocycles. The van der Waals surface area contributed by atoms with Crippen LogP contribution in [0.3, 0.4) is 0 Å². The fraction of sp³-hybridized carbons (Fsp3) is 0.684. The summed E-state index contributed by atoms with van der Waals surface area (Å²) < 4.78 is 35.5. The van der Waals surface area contributed by atoms with E-state index in [9.17, 15) is 13.0 Å². The summed E-state index contributed by atoms with van der Waals surface area (Å²) in [6.07, 6.45) is 12.0. The Bertz CT molecular complexity index is 612. The molecule has 0 aliphatic carbocycles. The van der Waals surface area contributed by atoms with Crippen molar-refractivity contribution in [1.29, 1.82) is 0 Å². The molecule has 26 heavy (non-hydrogen) atoms. The summed E-state index contributed by atoms with van der Waals surface area (Å²) in [6.45, 7) is 2.22. The Labute approximate surface area is 180 Å². The van der Waals surface area contributed by atoms with Gasteiger partial charge in [0.1, 0.15) is 10.1 Å². The van der Waals surface area contributed by atoms with Crippen LogP contribution in [0.2, 0.25) is 0 Å². The molecular weight excluding hydrogens is 359 g/mol. The predicted octanol–water partition coefficient (Wildman–Crippen LogP) is 2.04. The second-order valence-electron chi connectivity index (χ2n) is 7.01. The van der Waals surface area contributed by atoms with Crippen LogP contribution in [0.5, 0.6) is 0 Å². The standard InChI is InChI=1S/C19H32N2O3S.Na/c1-2-3-4-5-6-7-8-9-10-13-16-19(25(22,23)24)20-17-14-11-12-15-18(17)21-19;/h11-12,14-15,20-21H,2-10,13,16H2,1H3,(H,22,23,24);/q;+1/p-1. The summed E-state index contributed by atoms with van der Waals surface area (Å²) in [7, 11) is -4.51. The molecule has 1 aromatic rings. The minimum atomic E-state index is -4.51. The summed E-state index contributed by atoms with van der Waals surface area (Å²) in [4.78, 5) is -1.60. The minimum absolute atomic E-state index is 0. The van der Waals surface area contributed by atoms with Crippen LogP contribution in [-0.4, -0.2) is 18.0 Å². The van der Waals surface area contributed by atoms with Crippen molar-refractivity contribution in [2.45, 2.75) is 82.5 Å². The van der Waals surface area contributed by atoms with E-state index >= 15 is 0 Å². The van der Waals surface area contributed by atoms with Crippen LogP contribution in [0, 0.1) is 0 Å². The molecule has 0 unspecified atom stereocenters. The van der Waals surface area contributed by atoms with Gasteiger partial charge >= 0.3 is 29.6 Å². The van der Waals surface area contributed by atoms with E-state index in [-0.39, 0.29) is 36.0 Å². The third-order valence-electron chi connectivity index (χ3n) is 4.91. The molecular formula is C19H31N2NaO3S. The van der Waals surface area contributed by atoms with Gasteiger partial charge in [0.25, 0.3) is 0 Å². The van der Waals surface area contributed by atoms with Crippen molar-refractivity contribution in [2.75, 3.05) is 10.6 Å². The summed E-state index contributed by atoms with van der Waals surface area (Å²) in [5.41, 5.74) is 1.35. The predicted molar refractivity (Wildman–Crippen MR) is 103 cm³/mol. The number of unbranched alkanes of at least 4 members (excludes halogenated alkanes) is 9. The monoisotopic (exact) mass is 390 g/mol. The maximum absolute atomic E-state index is 11.8. The second-order valence-corrected chi connectivity index (χ2v) is 8.61. The van der Waals surface area contributed by atoms with Gasteiger partial charge in [-0.15, -0.1) is 0 Å². The van der Waals surface area contributed by atoms with E-state index in [1.807, 2.05) is 12.1 Å². The number of fused-ring (bicyclic) bond motifs is 1. The molecule has 0 atom stereocenters. The van der Waals surface area contributed by atoms with E-state index in [1.54, 1.807) is 12.1 Å². The average Bonchev–Trinajstić information content (AvgIpc) is 2.96. The maximum atomic E-state index is 11.8. The van der Waals surface area contributed by atoms with Gasteiger partial charge in [0, 0.05) is 6.42 Å². The van der Waals surface area contributed by atoms with Gasteiger partial charge in [-0.1, -0.05) is 76.8 Å². The Hall–Kier alpha value is -0.270. The third kappa shape index (κ3) is 6.71. The van der Waals surface area contributed by atoms with Gasteiger partial charge in [0.2, 0.25) is 4.99 Å². The normalized spacial score (nSPS) is 14.8. The molecule has 5 nitrogen and oxygen atoms in total.